The van der Waals surface area contributed by atoms with Crippen LogP contribution in [-0.2, 0) is 11.3 Å². The molecule has 0 atom stereocenters. The minimum atomic E-state index is -0.0824. The van der Waals surface area contributed by atoms with Crippen LogP contribution < -0.4 is 10.6 Å². The molecule has 0 bridgehead atoms. The van der Waals surface area contributed by atoms with Gasteiger partial charge in [-0.05, 0) is 24.6 Å². The number of nitrogens with one attached hydrogen (secondary N) is 2. The lowest BCUT2D eigenvalue weighted by atomic mass is 10.2. The lowest BCUT2D eigenvalue weighted by molar-refractivity contribution is -0.115. The molecule has 0 saturated carbocycles. The van der Waals surface area contributed by atoms with Crippen molar-refractivity contribution in [3.63, 3.8) is 0 Å². The topological polar surface area (TPSA) is 59.0 Å². The third-order valence-electron chi connectivity index (χ3n) is 2.87. The summed E-state index contributed by atoms with van der Waals surface area (Å²) < 4.78 is 1.95. The van der Waals surface area contributed by atoms with Crippen molar-refractivity contribution in [2.45, 2.75) is 13.5 Å². The van der Waals surface area contributed by atoms with E-state index in [-0.39, 0.29) is 12.5 Å². The van der Waals surface area contributed by atoms with Crippen molar-refractivity contribution in [2.75, 3.05) is 18.4 Å². The Morgan fingerprint density at radius 2 is 2.30 bits per heavy atom. The third kappa shape index (κ3) is 4.36. The van der Waals surface area contributed by atoms with E-state index in [1.807, 2.05) is 23.8 Å². The molecule has 20 heavy (non-hydrogen) atoms. The number of benzene rings is 1. The summed E-state index contributed by atoms with van der Waals surface area (Å²) >= 11 is 5.91. The molecule has 2 rings (SSSR count). The number of hydrogen-bond acceptors (Lipinski definition) is 3. The van der Waals surface area contributed by atoms with Crippen molar-refractivity contribution in [1.29, 1.82) is 0 Å². The van der Waals surface area contributed by atoms with Crippen LogP contribution in [0.2, 0.25) is 5.02 Å². The summed E-state index contributed by atoms with van der Waals surface area (Å²) in [5.74, 6) is -0.0824. The molecule has 0 spiro atoms. The summed E-state index contributed by atoms with van der Waals surface area (Å²) in [5, 5.41) is 6.53. The van der Waals surface area contributed by atoms with Crippen LogP contribution in [0.3, 0.4) is 0 Å². The Balaban J connectivity index is 1.73. The van der Waals surface area contributed by atoms with Crippen molar-refractivity contribution >= 4 is 23.2 Å². The van der Waals surface area contributed by atoms with Gasteiger partial charge in [0.2, 0.25) is 5.91 Å². The lowest BCUT2D eigenvalue weighted by Gasteiger charge is -2.09. The van der Waals surface area contributed by atoms with E-state index in [1.165, 1.54) is 0 Å². The second-order valence-electron chi connectivity index (χ2n) is 4.48. The van der Waals surface area contributed by atoms with Crippen LogP contribution in [0.25, 0.3) is 0 Å². The number of aryl methyl sites for hydroxylation is 1. The Morgan fingerprint density at radius 1 is 1.45 bits per heavy atom. The standard InChI is InChI=1S/C14H17ClN4O/c1-11-2-3-12(15)8-13(11)18-14(20)9-16-4-6-19-7-5-17-10-19/h2-3,5,7-8,10,16H,4,6,9H2,1H3,(H,18,20). The monoisotopic (exact) mass is 292 g/mol. The van der Waals surface area contributed by atoms with Gasteiger partial charge in [-0.25, -0.2) is 4.98 Å². The molecule has 0 unspecified atom stereocenters. The van der Waals surface area contributed by atoms with Crippen LogP contribution in [0.4, 0.5) is 5.69 Å². The molecule has 5 nitrogen and oxygen atoms in total. The molecule has 0 aliphatic heterocycles. The summed E-state index contributed by atoms with van der Waals surface area (Å²) in [6, 6.07) is 5.43. The number of hydrogen-bond donors (Lipinski definition) is 2. The third-order valence-corrected chi connectivity index (χ3v) is 3.10. The Hall–Kier alpha value is -1.85. The SMILES string of the molecule is Cc1ccc(Cl)cc1NC(=O)CNCCn1ccnc1. The van der Waals surface area contributed by atoms with Crippen LogP contribution in [0.5, 0.6) is 0 Å². The van der Waals surface area contributed by atoms with Gasteiger partial charge in [-0.2, -0.15) is 0 Å². The number of amides is 1. The Bertz CT molecular complexity index is 569. The van der Waals surface area contributed by atoms with Gasteiger partial charge in [0.05, 0.1) is 12.9 Å². The highest BCUT2D eigenvalue weighted by Gasteiger charge is 2.04. The maximum atomic E-state index is 11.8. The van der Waals surface area contributed by atoms with E-state index in [4.69, 9.17) is 11.6 Å². The number of imidazole rings is 1. The van der Waals surface area contributed by atoms with Crippen LogP contribution in [-0.4, -0.2) is 28.5 Å². The highest BCUT2D eigenvalue weighted by molar-refractivity contribution is 6.31. The van der Waals surface area contributed by atoms with Crippen molar-refractivity contribution in [1.82, 2.24) is 14.9 Å². The van der Waals surface area contributed by atoms with Gasteiger partial charge in [0.25, 0.3) is 0 Å². The molecule has 0 fully saturated rings. The predicted octanol–water partition coefficient (Wildman–Crippen LogP) is 2.07. The maximum Gasteiger partial charge on any atom is 0.238 e. The number of carbonyl (C=O) groups is 1. The second kappa shape index (κ2) is 7.07. The Labute approximate surface area is 123 Å². The molecule has 0 radical (unpaired) electrons. The first-order chi connectivity index (χ1) is 9.65. The number of halogens is 1. The maximum absolute atomic E-state index is 11.8. The normalized spacial score (nSPS) is 10.5. The summed E-state index contributed by atoms with van der Waals surface area (Å²) in [5.41, 5.74) is 1.74. The molecule has 1 aromatic heterocycles. The van der Waals surface area contributed by atoms with Gasteiger partial charge in [0.15, 0.2) is 0 Å². The summed E-state index contributed by atoms with van der Waals surface area (Å²) in [6.45, 7) is 3.68. The van der Waals surface area contributed by atoms with Crippen LogP contribution in [0, 0.1) is 6.92 Å². The van der Waals surface area contributed by atoms with E-state index in [0.717, 1.165) is 17.8 Å². The van der Waals surface area contributed by atoms with E-state index < -0.39 is 0 Å². The largest absolute Gasteiger partial charge is 0.336 e. The number of aromatic nitrogens is 2. The highest BCUT2D eigenvalue weighted by Crippen LogP contribution is 2.19. The zero-order valence-electron chi connectivity index (χ0n) is 11.3. The minimum absolute atomic E-state index is 0.0824. The van der Waals surface area contributed by atoms with Crippen molar-refractivity contribution in [2.24, 2.45) is 0 Å². The Morgan fingerprint density at radius 3 is 3.05 bits per heavy atom. The van der Waals surface area contributed by atoms with Gasteiger partial charge in [0, 0.05) is 36.2 Å². The summed E-state index contributed by atoms with van der Waals surface area (Å²) in [4.78, 5) is 15.8. The fourth-order valence-corrected chi connectivity index (χ4v) is 1.92. The first kappa shape index (κ1) is 14.6. The molecule has 0 aliphatic rings. The summed E-state index contributed by atoms with van der Waals surface area (Å²) in [6.07, 6.45) is 5.36. The first-order valence-electron chi connectivity index (χ1n) is 6.37. The first-order valence-corrected chi connectivity index (χ1v) is 6.75. The van der Waals surface area contributed by atoms with E-state index >= 15 is 0 Å². The Kier molecular flexibility index (Phi) is 5.15. The highest BCUT2D eigenvalue weighted by atomic mass is 35.5. The molecular weight excluding hydrogens is 276 g/mol. The number of carbonyl (C=O) groups excluding carboxylic acids is 1. The number of anilines is 1. The molecule has 1 amide bonds. The van der Waals surface area contributed by atoms with Crippen LogP contribution in [0.1, 0.15) is 5.56 Å². The smallest absolute Gasteiger partial charge is 0.238 e. The summed E-state index contributed by atoms with van der Waals surface area (Å²) in [7, 11) is 0. The van der Waals surface area contributed by atoms with E-state index in [1.54, 1.807) is 24.7 Å². The zero-order valence-corrected chi connectivity index (χ0v) is 12.0. The van der Waals surface area contributed by atoms with Crippen molar-refractivity contribution in [3.05, 3.63) is 47.5 Å². The zero-order chi connectivity index (χ0) is 14.4. The predicted molar refractivity (Wildman–Crippen MR) is 79.9 cm³/mol. The van der Waals surface area contributed by atoms with Gasteiger partial charge in [-0.15, -0.1) is 0 Å². The molecule has 1 aromatic carbocycles. The average molecular weight is 293 g/mol. The molecule has 6 heteroatoms. The van der Waals surface area contributed by atoms with E-state index in [9.17, 15) is 4.79 Å². The van der Waals surface area contributed by atoms with Gasteiger partial charge in [-0.1, -0.05) is 17.7 Å². The van der Waals surface area contributed by atoms with E-state index in [0.29, 0.717) is 11.6 Å². The molecule has 0 aliphatic carbocycles. The quantitative estimate of drug-likeness (QED) is 0.802. The minimum Gasteiger partial charge on any atom is -0.336 e. The van der Waals surface area contributed by atoms with Crippen LogP contribution >= 0.6 is 11.6 Å². The van der Waals surface area contributed by atoms with Crippen molar-refractivity contribution < 1.29 is 4.79 Å². The van der Waals surface area contributed by atoms with Crippen LogP contribution in [0.15, 0.2) is 36.9 Å². The molecule has 2 aromatic rings. The van der Waals surface area contributed by atoms with E-state index in [2.05, 4.69) is 15.6 Å². The molecule has 2 N–H and O–H groups in total. The lowest BCUT2D eigenvalue weighted by Crippen LogP contribution is -2.30. The van der Waals surface area contributed by atoms with Gasteiger partial charge in [-0.3, -0.25) is 4.79 Å². The molecular formula is C14H17ClN4O. The van der Waals surface area contributed by atoms with Gasteiger partial charge >= 0.3 is 0 Å². The number of rotatable bonds is 6. The fraction of sp³-hybridized carbons (Fsp3) is 0.286. The fourth-order valence-electron chi connectivity index (χ4n) is 1.75. The van der Waals surface area contributed by atoms with Crippen molar-refractivity contribution in [3.8, 4) is 0 Å². The molecule has 1 heterocycles. The molecule has 0 saturated heterocycles. The number of nitrogens with zero attached hydrogens (tertiary/aromatic N) is 2. The van der Waals surface area contributed by atoms with Gasteiger partial charge in [0.1, 0.15) is 0 Å². The molecule has 106 valence electrons. The average Bonchev–Trinajstić information content (AvgIpc) is 2.92. The van der Waals surface area contributed by atoms with Gasteiger partial charge < -0.3 is 15.2 Å². The second-order valence-corrected chi connectivity index (χ2v) is 4.92.